The highest BCUT2D eigenvalue weighted by Gasteiger charge is 2.39. The fourth-order valence-corrected chi connectivity index (χ4v) is 2.79. The Morgan fingerprint density at radius 2 is 1.50 bits per heavy atom. The maximum atomic E-state index is 12.4. The molecule has 1 saturated carbocycles. The number of anilines is 2. The van der Waals surface area contributed by atoms with Crippen molar-refractivity contribution >= 4 is 23.2 Å². The minimum atomic E-state index is -0.255. The van der Waals surface area contributed by atoms with E-state index in [0.29, 0.717) is 34.4 Å². The number of amides is 2. The van der Waals surface area contributed by atoms with Crippen LogP contribution in [0.25, 0.3) is 0 Å². The molecule has 0 saturated heterocycles. The second-order valence-corrected chi connectivity index (χ2v) is 6.38. The number of carbonyl (C=O) groups is 2. The van der Waals surface area contributed by atoms with Gasteiger partial charge in [-0.05, 0) is 24.5 Å². The van der Waals surface area contributed by atoms with Gasteiger partial charge in [-0.2, -0.15) is 0 Å². The first-order chi connectivity index (χ1) is 12.5. The molecule has 1 fully saturated rings. The highest BCUT2D eigenvalue weighted by Crippen LogP contribution is 2.41. The predicted octanol–water partition coefficient (Wildman–Crippen LogP) is 3.55. The number of hydrogen-bond donors (Lipinski definition) is 2. The lowest BCUT2D eigenvalue weighted by Crippen LogP contribution is -2.16. The molecule has 6 heteroatoms. The van der Waals surface area contributed by atoms with E-state index >= 15 is 0 Å². The first-order valence-corrected chi connectivity index (χ1v) is 8.46. The van der Waals surface area contributed by atoms with Gasteiger partial charge in [0, 0.05) is 23.6 Å². The van der Waals surface area contributed by atoms with Gasteiger partial charge >= 0.3 is 0 Å². The summed E-state index contributed by atoms with van der Waals surface area (Å²) in [5, 5.41) is 5.70. The van der Waals surface area contributed by atoms with Gasteiger partial charge in [0.2, 0.25) is 5.91 Å². The molecule has 2 aromatic carbocycles. The SMILES string of the molecule is COc1cc(NC(=O)[C@@H]2C[C@H]2C)c(OC)cc1NC(=O)c1ccccc1. The number of methoxy groups -OCH3 is 2. The summed E-state index contributed by atoms with van der Waals surface area (Å²) in [5.41, 5.74) is 1.52. The molecule has 0 heterocycles. The van der Waals surface area contributed by atoms with Gasteiger partial charge in [-0.15, -0.1) is 0 Å². The van der Waals surface area contributed by atoms with Crippen molar-refractivity contribution in [3.63, 3.8) is 0 Å². The predicted molar refractivity (Wildman–Crippen MR) is 99.8 cm³/mol. The minimum Gasteiger partial charge on any atom is -0.494 e. The van der Waals surface area contributed by atoms with Crippen molar-refractivity contribution in [2.75, 3.05) is 24.9 Å². The van der Waals surface area contributed by atoms with Crippen LogP contribution in [0.1, 0.15) is 23.7 Å². The smallest absolute Gasteiger partial charge is 0.255 e. The molecule has 0 unspecified atom stereocenters. The summed E-state index contributed by atoms with van der Waals surface area (Å²) >= 11 is 0. The third-order valence-corrected chi connectivity index (χ3v) is 4.51. The van der Waals surface area contributed by atoms with E-state index < -0.39 is 0 Å². The third kappa shape index (κ3) is 3.79. The highest BCUT2D eigenvalue weighted by molar-refractivity contribution is 6.05. The zero-order valence-electron chi connectivity index (χ0n) is 15.0. The van der Waals surface area contributed by atoms with E-state index in [1.54, 1.807) is 36.4 Å². The molecule has 1 aliphatic rings. The van der Waals surface area contributed by atoms with Gasteiger partial charge in [0.05, 0.1) is 25.6 Å². The third-order valence-electron chi connectivity index (χ3n) is 4.51. The molecule has 26 heavy (non-hydrogen) atoms. The lowest BCUT2D eigenvalue weighted by molar-refractivity contribution is -0.117. The summed E-state index contributed by atoms with van der Waals surface area (Å²) in [4.78, 5) is 24.6. The van der Waals surface area contributed by atoms with Crippen LogP contribution in [0.4, 0.5) is 11.4 Å². The van der Waals surface area contributed by atoms with Crippen LogP contribution in [0.3, 0.4) is 0 Å². The first-order valence-electron chi connectivity index (χ1n) is 8.46. The Hall–Kier alpha value is -3.02. The second kappa shape index (κ2) is 7.47. The zero-order valence-corrected chi connectivity index (χ0v) is 15.0. The Morgan fingerprint density at radius 3 is 2.00 bits per heavy atom. The second-order valence-electron chi connectivity index (χ2n) is 6.38. The van der Waals surface area contributed by atoms with Gasteiger partial charge in [0.1, 0.15) is 11.5 Å². The van der Waals surface area contributed by atoms with Gasteiger partial charge < -0.3 is 20.1 Å². The number of rotatable bonds is 6. The summed E-state index contributed by atoms with van der Waals surface area (Å²) in [6.45, 7) is 2.05. The lowest BCUT2D eigenvalue weighted by atomic mass is 10.2. The standard InChI is InChI=1S/C20H22N2O4/c1-12-9-14(12)20(24)22-16-11-17(25-2)15(10-18(16)26-3)21-19(23)13-7-5-4-6-8-13/h4-8,10-12,14H,9H2,1-3H3,(H,21,23)(H,22,24)/t12-,14-/m1/s1. The van der Waals surface area contributed by atoms with Gasteiger partial charge in [0.15, 0.2) is 0 Å². The molecular weight excluding hydrogens is 332 g/mol. The van der Waals surface area contributed by atoms with E-state index in [9.17, 15) is 9.59 Å². The molecule has 136 valence electrons. The van der Waals surface area contributed by atoms with Crippen LogP contribution in [-0.4, -0.2) is 26.0 Å². The largest absolute Gasteiger partial charge is 0.494 e. The quantitative estimate of drug-likeness (QED) is 0.832. The van der Waals surface area contributed by atoms with Crippen molar-refractivity contribution in [1.29, 1.82) is 0 Å². The van der Waals surface area contributed by atoms with Crippen molar-refractivity contribution in [1.82, 2.24) is 0 Å². The van der Waals surface area contributed by atoms with Crippen molar-refractivity contribution < 1.29 is 19.1 Å². The molecule has 0 radical (unpaired) electrons. The molecule has 2 amide bonds. The Labute approximate surface area is 152 Å². The fourth-order valence-electron chi connectivity index (χ4n) is 2.79. The summed E-state index contributed by atoms with van der Waals surface area (Å²) < 4.78 is 10.8. The van der Waals surface area contributed by atoms with E-state index in [2.05, 4.69) is 10.6 Å². The molecular formula is C20H22N2O4. The normalized spacial score (nSPS) is 18.0. The fraction of sp³-hybridized carbons (Fsp3) is 0.300. The van der Waals surface area contributed by atoms with Crippen LogP contribution in [0, 0.1) is 11.8 Å². The average molecular weight is 354 g/mol. The summed E-state index contributed by atoms with van der Waals surface area (Å²) in [7, 11) is 3.02. The number of benzene rings is 2. The Bertz CT molecular complexity index is 820. The van der Waals surface area contributed by atoms with Gasteiger partial charge in [-0.25, -0.2) is 0 Å². The Balaban J connectivity index is 1.84. The molecule has 6 nitrogen and oxygen atoms in total. The summed E-state index contributed by atoms with van der Waals surface area (Å²) in [6, 6.07) is 12.2. The molecule has 0 bridgehead atoms. The van der Waals surface area contributed by atoms with Crippen molar-refractivity contribution in [3.05, 3.63) is 48.0 Å². The summed E-state index contributed by atoms with van der Waals surface area (Å²) in [6.07, 6.45) is 0.899. The van der Waals surface area contributed by atoms with Crippen molar-refractivity contribution in [3.8, 4) is 11.5 Å². The molecule has 2 aromatic rings. The van der Waals surface area contributed by atoms with Crippen molar-refractivity contribution in [2.24, 2.45) is 11.8 Å². The molecule has 1 aliphatic carbocycles. The number of carbonyl (C=O) groups excluding carboxylic acids is 2. The van der Waals surface area contributed by atoms with Crippen LogP contribution in [-0.2, 0) is 4.79 Å². The molecule has 0 aliphatic heterocycles. The maximum absolute atomic E-state index is 12.4. The molecule has 0 aromatic heterocycles. The first kappa shape index (κ1) is 17.8. The topological polar surface area (TPSA) is 76.7 Å². The van der Waals surface area contributed by atoms with E-state index in [0.717, 1.165) is 6.42 Å². The zero-order chi connectivity index (χ0) is 18.7. The maximum Gasteiger partial charge on any atom is 0.255 e. The highest BCUT2D eigenvalue weighted by atomic mass is 16.5. The molecule has 2 atom stereocenters. The van der Waals surface area contributed by atoms with E-state index in [-0.39, 0.29) is 17.7 Å². The van der Waals surface area contributed by atoms with Crippen LogP contribution in [0.15, 0.2) is 42.5 Å². The van der Waals surface area contributed by atoms with Crippen LogP contribution < -0.4 is 20.1 Å². The molecule has 0 spiro atoms. The summed E-state index contributed by atoms with van der Waals surface area (Å²) in [5.74, 6) is 1.06. The Kier molecular flexibility index (Phi) is 5.11. The van der Waals surface area contributed by atoms with Crippen LogP contribution in [0.5, 0.6) is 11.5 Å². The van der Waals surface area contributed by atoms with Crippen LogP contribution >= 0.6 is 0 Å². The van der Waals surface area contributed by atoms with E-state index in [1.165, 1.54) is 14.2 Å². The Morgan fingerprint density at radius 1 is 0.962 bits per heavy atom. The number of ether oxygens (including phenoxy) is 2. The van der Waals surface area contributed by atoms with Crippen LogP contribution in [0.2, 0.25) is 0 Å². The van der Waals surface area contributed by atoms with E-state index in [1.807, 2.05) is 13.0 Å². The average Bonchev–Trinajstić information content (AvgIpc) is 3.40. The van der Waals surface area contributed by atoms with Gasteiger partial charge in [-0.3, -0.25) is 9.59 Å². The molecule has 2 N–H and O–H groups in total. The van der Waals surface area contributed by atoms with Crippen molar-refractivity contribution in [2.45, 2.75) is 13.3 Å². The molecule has 3 rings (SSSR count). The van der Waals surface area contributed by atoms with Gasteiger partial charge in [-0.1, -0.05) is 25.1 Å². The number of nitrogens with one attached hydrogen (secondary N) is 2. The monoisotopic (exact) mass is 354 g/mol. The lowest BCUT2D eigenvalue weighted by Gasteiger charge is -2.16. The minimum absolute atomic E-state index is 0.0288. The van der Waals surface area contributed by atoms with Gasteiger partial charge in [0.25, 0.3) is 5.91 Å². The van der Waals surface area contributed by atoms with E-state index in [4.69, 9.17) is 9.47 Å². The number of hydrogen-bond acceptors (Lipinski definition) is 4.